The lowest BCUT2D eigenvalue weighted by Crippen LogP contribution is -2.08. The van der Waals surface area contributed by atoms with Gasteiger partial charge in [-0.3, -0.25) is 0 Å². The van der Waals surface area contributed by atoms with Crippen LogP contribution in [-0.4, -0.2) is 30.6 Å². The normalized spacial score (nSPS) is 12.2. The van der Waals surface area contributed by atoms with Gasteiger partial charge in [-0.25, -0.2) is 4.79 Å². The van der Waals surface area contributed by atoms with Crippen molar-refractivity contribution in [3.63, 3.8) is 0 Å². The molecule has 1 unspecified atom stereocenters. The predicted molar refractivity (Wildman–Crippen MR) is 30.3 cm³/mol. The van der Waals surface area contributed by atoms with Crippen molar-refractivity contribution in [1.82, 2.24) is 0 Å². The second-order valence-electron chi connectivity index (χ2n) is 1.27. The third kappa shape index (κ3) is 5.17. The van der Waals surface area contributed by atoms with Gasteiger partial charge >= 0.3 is 0 Å². The Morgan fingerprint density at radius 1 is 1.89 bits per heavy atom. The number of aliphatic hydroxyl groups is 1. The summed E-state index contributed by atoms with van der Waals surface area (Å²) in [6, 6.07) is 0. The average molecular weight is 130 g/mol. The molecule has 0 rings (SSSR count). The summed E-state index contributed by atoms with van der Waals surface area (Å²) in [5.41, 5.74) is 0. The van der Waals surface area contributed by atoms with E-state index < -0.39 is 6.23 Å². The first-order valence-corrected chi connectivity index (χ1v) is 2.43. The quantitative estimate of drug-likeness (QED) is 0.412. The monoisotopic (exact) mass is 130 g/mol. The molecule has 4 nitrogen and oxygen atoms in total. The zero-order chi connectivity index (χ0) is 7.11. The van der Waals surface area contributed by atoms with Crippen molar-refractivity contribution in [3.05, 3.63) is 6.92 Å². The Morgan fingerprint density at radius 3 is 3.00 bits per heavy atom. The maximum absolute atomic E-state index is 9.50. The number of hydrogen-bond acceptors (Lipinski definition) is 4. The van der Waals surface area contributed by atoms with E-state index in [-0.39, 0.29) is 13.2 Å². The first-order valence-electron chi connectivity index (χ1n) is 2.43. The molecule has 1 atom stereocenters. The van der Waals surface area contributed by atoms with E-state index in [1.54, 1.807) is 0 Å². The molecule has 0 aromatic heterocycles. The minimum absolute atomic E-state index is 0.0968. The van der Waals surface area contributed by atoms with E-state index in [1.165, 1.54) is 6.08 Å². The molecule has 0 aromatic rings. The molecule has 0 heterocycles. The van der Waals surface area contributed by atoms with Gasteiger partial charge in [-0.15, -0.1) is 0 Å². The topological polar surface area (TPSA) is 58.9 Å². The van der Waals surface area contributed by atoms with Crippen molar-refractivity contribution < 1.29 is 14.6 Å². The van der Waals surface area contributed by atoms with Crippen molar-refractivity contribution in [1.29, 1.82) is 0 Å². The van der Waals surface area contributed by atoms with E-state index in [4.69, 9.17) is 5.11 Å². The van der Waals surface area contributed by atoms with E-state index >= 15 is 0 Å². The summed E-state index contributed by atoms with van der Waals surface area (Å²) in [5.74, 6) is 0. The van der Waals surface area contributed by atoms with Crippen LogP contribution in [0, 0.1) is 6.92 Å². The van der Waals surface area contributed by atoms with Gasteiger partial charge in [0.05, 0.1) is 13.2 Å². The van der Waals surface area contributed by atoms with Gasteiger partial charge < -0.3 is 9.84 Å². The smallest absolute Gasteiger partial charge is 0.237 e. The average Bonchev–Trinajstić information content (AvgIpc) is 1.85. The largest absolute Gasteiger partial charge is 0.394 e. The van der Waals surface area contributed by atoms with Crippen LogP contribution in [0.1, 0.15) is 0 Å². The molecule has 9 heavy (non-hydrogen) atoms. The minimum Gasteiger partial charge on any atom is -0.394 e. The molecular formula is C5H8NO3. The predicted octanol–water partition coefficient (Wildman–Crippen LogP) is -0.509. The van der Waals surface area contributed by atoms with Gasteiger partial charge in [-0.1, -0.05) is 0 Å². The SMILES string of the molecule is [CH2]C(N=C=O)OCCO. The number of rotatable bonds is 4. The fourth-order valence-corrected chi connectivity index (χ4v) is 0.285. The molecular weight excluding hydrogens is 122 g/mol. The second-order valence-corrected chi connectivity index (χ2v) is 1.27. The van der Waals surface area contributed by atoms with Crippen molar-refractivity contribution in [2.75, 3.05) is 13.2 Å². The van der Waals surface area contributed by atoms with Crippen molar-refractivity contribution in [2.45, 2.75) is 6.23 Å². The van der Waals surface area contributed by atoms with E-state index in [0.717, 1.165) is 0 Å². The van der Waals surface area contributed by atoms with Gasteiger partial charge in [-0.05, 0) is 6.92 Å². The van der Waals surface area contributed by atoms with Crippen LogP contribution in [0.5, 0.6) is 0 Å². The van der Waals surface area contributed by atoms with Crippen LogP contribution >= 0.6 is 0 Å². The maximum atomic E-state index is 9.50. The highest BCUT2D eigenvalue weighted by molar-refractivity contribution is 5.33. The Labute approximate surface area is 53.2 Å². The summed E-state index contributed by atoms with van der Waals surface area (Å²) in [6.45, 7) is 3.34. The molecule has 0 saturated heterocycles. The van der Waals surface area contributed by atoms with Crippen molar-refractivity contribution in [3.8, 4) is 0 Å². The van der Waals surface area contributed by atoms with Gasteiger partial charge in [0.15, 0.2) is 6.23 Å². The molecule has 0 aliphatic carbocycles. The standard InChI is InChI=1S/C5H8NO3/c1-5(6-4-8)9-3-2-7/h5,7H,1-3H2. The van der Waals surface area contributed by atoms with Gasteiger partial charge in [0.1, 0.15) is 0 Å². The summed E-state index contributed by atoms with van der Waals surface area (Å²) in [5, 5.41) is 8.19. The number of carbonyl (C=O) groups excluding carboxylic acids is 1. The molecule has 0 fully saturated rings. The minimum atomic E-state index is -0.741. The Hall–Kier alpha value is -0.700. The Balaban J connectivity index is 3.26. The highest BCUT2D eigenvalue weighted by Gasteiger charge is 1.94. The zero-order valence-electron chi connectivity index (χ0n) is 4.91. The maximum Gasteiger partial charge on any atom is 0.237 e. The van der Waals surface area contributed by atoms with E-state index in [9.17, 15) is 4.79 Å². The summed E-state index contributed by atoms with van der Waals surface area (Å²) in [7, 11) is 0. The van der Waals surface area contributed by atoms with Crippen LogP contribution < -0.4 is 0 Å². The Bertz CT molecular complexity index is 109. The lowest BCUT2D eigenvalue weighted by atomic mass is 10.6. The molecule has 0 amide bonds. The van der Waals surface area contributed by atoms with Crippen molar-refractivity contribution in [2.24, 2.45) is 4.99 Å². The Kier molecular flexibility index (Phi) is 5.01. The molecule has 0 aromatic carbocycles. The molecule has 0 aliphatic rings. The summed E-state index contributed by atoms with van der Waals surface area (Å²) >= 11 is 0. The lowest BCUT2D eigenvalue weighted by molar-refractivity contribution is 0.0578. The summed E-state index contributed by atoms with van der Waals surface area (Å²) in [4.78, 5) is 12.6. The van der Waals surface area contributed by atoms with Crippen LogP contribution in [0.2, 0.25) is 0 Å². The number of hydrogen-bond donors (Lipinski definition) is 1. The number of isocyanates is 1. The molecule has 1 N–H and O–H groups in total. The third-order valence-electron chi connectivity index (χ3n) is 0.598. The van der Waals surface area contributed by atoms with Crippen LogP contribution in [0.3, 0.4) is 0 Å². The van der Waals surface area contributed by atoms with E-state index in [1.807, 2.05) is 0 Å². The van der Waals surface area contributed by atoms with Crippen LogP contribution in [0.4, 0.5) is 0 Å². The van der Waals surface area contributed by atoms with Crippen LogP contribution in [0.25, 0.3) is 0 Å². The number of ether oxygens (including phenoxy) is 1. The lowest BCUT2D eigenvalue weighted by Gasteiger charge is -2.01. The number of aliphatic imine (C=N–C) groups is 1. The molecule has 0 saturated carbocycles. The first-order chi connectivity index (χ1) is 4.31. The molecule has 0 aliphatic heterocycles. The number of aliphatic hydroxyl groups excluding tert-OH is 1. The first kappa shape index (κ1) is 8.30. The van der Waals surface area contributed by atoms with E-state index in [0.29, 0.717) is 0 Å². The van der Waals surface area contributed by atoms with Crippen LogP contribution in [-0.2, 0) is 9.53 Å². The number of nitrogens with zero attached hydrogens (tertiary/aromatic N) is 1. The molecule has 0 bridgehead atoms. The molecule has 1 radical (unpaired) electrons. The second kappa shape index (κ2) is 5.44. The highest BCUT2D eigenvalue weighted by atomic mass is 16.5. The highest BCUT2D eigenvalue weighted by Crippen LogP contribution is 1.87. The Morgan fingerprint density at radius 2 is 2.56 bits per heavy atom. The molecule has 51 valence electrons. The van der Waals surface area contributed by atoms with Gasteiger partial charge in [0, 0.05) is 0 Å². The zero-order valence-corrected chi connectivity index (χ0v) is 4.91. The van der Waals surface area contributed by atoms with Crippen molar-refractivity contribution >= 4 is 6.08 Å². The fourth-order valence-electron chi connectivity index (χ4n) is 0.285. The molecule has 4 heteroatoms. The summed E-state index contributed by atoms with van der Waals surface area (Å²) in [6.07, 6.45) is 0.541. The molecule has 0 spiro atoms. The third-order valence-corrected chi connectivity index (χ3v) is 0.598. The fraction of sp³-hybridized carbons (Fsp3) is 0.600. The van der Waals surface area contributed by atoms with E-state index in [2.05, 4.69) is 16.7 Å². The van der Waals surface area contributed by atoms with Gasteiger partial charge in [0.25, 0.3) is 0 Å². The summed E-state index contributed by atoms with van der Waals surface area (Å²) < 4.78 is 4.64. The van der Waals surface area contributed by atoms with Gasteiger partial charge in [-0.2, -0.15) is 4.99 Å². The van der Waals surface area contributed by atoms with Gasteiger partial charge in [0.2, 0.25) is 6.08 Å². The van der Waals surface area contributed by atoms with Crippen LogP contribution in [0.15, 0.2) is 4.99 Å².